The second-order valence-corrected chi connectivity index (χ2v) is 4.03. The van der Waals surface area contributed by atoms with Crippen molar-refractivity contribution in [2.45, 2.75) is 25.3 Å². The Kier molecular flexibility index (Phi) is 5.87. The Morgan fingerprint density at radius 1 is 1.17 bits per heavy atom. The number of rotatable bonds is 7. The highest BCUT2D eigenvalue weighted by Gasteiger charge is 2.12. The van der Waals surface area contributed by atoms with E-state index in [1.807, 2.05) is 30.3 Å². The summed E-state index contributed by atoms with van der Waals surface area (Å²) in [5.74, 6) is -1.36. The minimum atomic E-state index is -1.01. The van der Waals surface area contributed by atoms with Gasteiger partial charge in [-0.3, -0.25) is 9.59 Å². The van der Waals surface area contributed by atoms with Crippen LogP contribution >= 0.6 is 0 Å². The van der Waals surface area contributed by atoms with Crippen LogP contribution in [0, 0.1) is 0 Å². The second kappa shape index (κ2) is 7.45. The predicted octanol–water partition coefficient (Wildman–Crippen LogP) is 0.571. The Hall–Kier alpha value is -1.88. The summed E-state index contributed by atoms with van der Waals surface area (Å²) in [4.78, 5) is 21.7. The third-order valence-electron chi connectivity index (χ3n) is 2.48. The molecule has 0 unspecified atom stereocenters. The summed E-state index contributed by atoms with van der Waals surface area (Å²) in [6.45, 7) is -0.173. The highest BCUT2D eigenvalue weighted by atomic mass is 16.4. The van der Waals surface area contributed by atoms with Crippen LogP contribution in [0.5, 0.6) is 0 Å². The van der Waals surface area contributed by atoms with Gasteiger partial charge in [0.15, 0.2) is 0 Å². The van der Waals surface area contributed by atoms with Gasteiger partial charge in [0, 0.05) is 6.42 Å². The van der Waals surface area contributed by atoms with Gasteiger partial charge in [0.2, 0.25) is 5.91 Å². The highest BCUT2D eigenvalue weighted by Crippen LogP contribution is 2.03. The van der Waals surface area contributed by atoms with Gasteiger partial charge >= 0.3 is 5.97 Å². The van der Waals surface area contributed by atoms with Crippen LogP contribution in [0.3, 0.4) is 0 Å². The van der Waals surface area contributed by atoms with Crippen molar-refractivity contribution >= 4 is 11.9 Å². The van der Waals surface area contributed by atoms with Crippen molar-refractivity contribution in [3.8, 4) is 0 Å². The van der Waals surface area contributed by atoms with Crippen LogP contribution in [-0.4, -0.2) is 34.7 Å². The number of nitrogens with one attached hydrogen (secondary N) is 1. The predicted molar refractivity (Wildman–Crippen MR) is 66.0 cm³/mol. The number of carboxylic acid groups (broad SMARTS) is 1. The first-order valence-corrected chi connectivity index (χ1v) is 5.77. The first kappa shape index (κ1) is 14.2. The van der Waals surface area contributed by atoms with E-state index >= 15 is 0 Å². The molecule has 98 valence electrons. The summed E-state index contributed by atoms with van der Waals surface area (Å²) in [7, 11) is 0. The molecule has 0 saturated carbocycles. The van der Waals surface area contributed by atoms with Crippen LogP contribution in [0.1, 0.15) is 18.4 Å². The number of hydrogen-bond acceptors (Lipinski definition) is 3. The Morgan fingerprint density at radius 3 is 2.39 bits per heavy atom. The molecule has 18 heavy (non-hydrogen) atoms. The molecule has 0 aliphatic heterocycles. The summed E-state index contributed by atoms with van der Waals surface area (Å²) < 4.78 is 0. The Balaban J connectivity index is 2.42. The van der Waals surface area contributed by atoms with Crippen molar-refractivity contribution in [1.29, 1.82) is 0 Å². The molecule has 3 N–H and O–H groups in total. The molecule has 5 nitrogen and oxygen atoms in total. The normalized spacial score (nSPS) is 11.8. The molecule has 0 heterocycles. The monoisotopic (exact) mass is 251 g/mol. The van der Waals surface area contributed by atoms with E-state index in [4.69, 9.17) is 5.11 Å². The van der Waals surface area contributed by atoms with Crippen molar-refractivity contribution in [3.63, 3.8) is 0 Å². The van der Waals surface area contributed by atoms with Crippen molar-refractivity contribution in [1.82, 2.24) is 5.32 Å². The number of amides is 1. The van der Waals surface area contributed by atoms with Gasteiger partial charge in [0.25, 0.3) is 0 Å². The topological polar surface area (TPSA) is 86.6 Å². The molecule has 0 fully saturated rings. The van der Waals surface area contributed by atoms with Crippen LogP contribution in [0.4, 0.5) is 0 Å². The number of benzene rings is 1. The van der Waals surface area contributed by atoms with Gasteiger partial charge in [-0.2, -0.15) is 0 Å². The third kappa shape index (κ3) is 5.45. The van der Waals surface area contributed by atoms with E-state index in [1.165, 1.54) is 0 Å². The van der Waals surface area contributed by atoms with E-state index in [2.05, 4.69) is 5.32 Å². The molecule has 0 bridgehead atoms. The fourth-order valence-corrected chi connectivity index (χ4v) is 1.58. The number of hydrogen-bond donors (Lipinski definition) is 3. The molecule has 1 amide bonds. The fourth-order valence-electron chi connectivity index (χ4n) is 1.58. The van der Waals surface area contributed by atoms with E-state index in [0.29, 0.717) is 6.42 Å². The smallest absolute Gasteiger partial charge is 0.303 e. The zero-order chi connectivity index (χ0) is 13.4. The van der Waals surface area contributed by atoms with Crippen molar-refractivity contribution in [2.75, 3.05) is 6.61 Å². The van der Waals surface area contributed by atoms with Gasteiger partial charge in [-0.05, 0) is 12.0 Å². The van der Waals surface area contributed by atoms with Crippen LogP contribution < -0.4 is 5.32 Å². The van der Waals surface area contributed by atoms with E-state index in [-0.39, 0.29) is 31.4 Å². The van der Waals surface area contributed by atoms with Crippen molar-refractivity contribution < 1.29 is 19.8 Å². The molecule has 0 aliphatic carbocycles. The minimum Gasteiger partial charge on any atom is -0.481 e. The first-order valence-electron chi connectivity index (χ1n) is 5.77. The molecule has 1 atom stereocenters. The molecule has 1 aromatic rings. The van der Waals surface area contributed by atoms with E-state index in [1.54, 1.807) is 0 Å². The molecule has 0 aromatic heterocycles. The maximum absolute atomic E-state index is 11.4. The fraction of sp³-hybridized carbons (Fsp3) is 0.385. The summed E-state index contributed by atoms with van der Waals surface area (Å²) in [5.41, 5.74) is 1.01. The second-order valence-electron chi connectivity index (χ2n) is 4.03. The van der Waals surface area contributed by atoms with Gasteiger partial charge in [-0.25, -0.2) is 0 Å². The first-order chi connectivity index (χ1) is 8.61. The average Bonchev–Trinajstić information content (AvgIpc) is 2.37. The number of aliphatic carboxylic acids is 1. The van der Waals surface area contributed by atoms with E-state index in [9.17, 15) is 14.7 Å². The maximum atomic E-state index is 11.4. The Labute approximate surface area is 105 Å². The van der Waals surface area contributed by atoms with Gasteiger partial charge in [-0.1, -0.05) is 30.3 Å². The number of aliphatic hydroxyl groups excluding tert-OH is 1. The van der Waals surface area contributed by atoms with Crippen LogP contribution in [0.2, 0.25) is 0 Å². The lowest BCUT2D eigenvalue weighted by Gasteiger charge is -2.16. The van der Waals surface area contributed by atoms with Gasteiger partial charge < -0.3 is 15.5 Å². The van der Waals surface area contributed by atoms with Gasteiger partial charge in [0.05, 0.1) is 19.1 Å². The lowest BCUT2D eigenvalue weighted by atomic mass is 10.1. The Morgan fingerprint density at radius 2 is 1.83 bits per heavy atom. The zero-order valence-corrected chi connectivity index (χ0v) is 10.0. The van der Waals surface area contributed by atoms with E-state index < -0.39 is 5.97 Å². The average molecular weight is 251 g/mol. The zero-order valence-electron chi connectivity index (χ0n) is 10.0. The highest BCUT2D eigenvalue weighted by molar-refractivity contribution is 5.80. The number of carbonyl (C=O) groups is 2. The van der Waals surface area contributed by atoms with Gasteiger partial charge in [-0.15, -0.1) is 0 Å². The van der Waals surface area contributed by atoms with Crippen LogP contribution in [-0.2, 0) is 16.0 Å². The van der Waals surface area contributed by atoms with Crippen LogP contribution in [0.15, 0.2) is 30.3 Å². The lowest BCUT2D eigenvalue weighted by Crippen LogP contribution is -2.39. The molecule has 1 aromatic carbocycles. The van der Waals surface area contributed by atoms with Gasteiger partial charge in [0.1, 0.15) is 0 Å². The molecular formula is C13H17NO4. The van der Waals surface area contributed by atoms with Crippen molar-refractivity contribution in [3.05, 3.63) is 35.9 Å². The van der Waals surface area contributed by atoms with Crippen LogP contribution in [0.25, 0.3) is 0 Å². The number of carbonyl (C=O) groups excluding carboxylic acids is 1. The quantitative estimate of drug-likeness (QED) is 0.661. The molecule has 1 rings (SSSR count). The third-order valence-corrected chi connectivity index (χ3v) is 2.48. The molecule has 0 radical (unpaired) electrons. The summed E-state index contributed by atoms with van der Waals surface area (Å²) in [6.07, 6.45) is 0.256. The molecule has 0 spiro atoms. The summed E-state index contributed by atoms with van der Waals surface area (Å²) >= 11 is 0. The number of carboxylic acids is 1. The Bertz CT molecular complexity index is 391. The molecule has 5 heteroatoms. The SMILES string of the molecule is O=C(O)CCC(=O)N[C@H](CO)Cc1ccccc1. The van der Waals surface area contributed by atoms with E-state index in [0.717, 1.165) is 5.56 Å². The standard InChI is InChI=1S/C13H17NO4/c15-9-11(8-10-4-2-1-3-5-10)14-12(16)6-7-13(17)18/h1-5,11,15H,6-9H2,(H,14,16)(H,17,18)/t11-/m0/s1. The summed E-state index contributed by atoms with van der Waals surface area (Å²) in [5, 5.41) is 20.3. The maximum Gasteiger partial charge on any atom is 0.303 e. The molecule has 0 aliphatic rings. The largest absolute Gasteiger partial charge is 0.481 e. The number of aliphatic hydroxyl groups is 1. The van der Waals surface area contributed by atoms with Crippen molar-refractivity contribution in [2.24, 2.45) is 0 Å². The summed E-state index contributed by atoms with van der Waals surface area (Å²) in [6, 6.07) is 9.10. The lowest BCUT2D eigenvalue weighted by molar-refractivity contribution is -0.139. The molecular weight excluding hydrogens is 234 g/mol. The molecule has 0 saturated heterocycles. The minimum absolute atomic E-state index is 0.0688.